The van der Waals surface area contributed by atoms with Crippen LogP contribution in [0.1, 0.15) is 92.5 Å². The quantitative estimate of drug-likeness (QED) is 0.171. The second-order valence-corrected chi connectivity index (χ2v) is 7.91. The smallest absolute Gasteiger partial charge is 0.159 e. The van der Waals surface area contributed by atoms with E-state index in [2.05, 4.69) is 14.2 Å². The molecule has 0 unspecified atom stereocenters. The number of carbonyl (C=O) groups excluding carboxylic acids is 3. The Morgan fingerprint density at radius 3 is 1.27 bits per heavy atom. The molecular weight excluding hydrogens is 560 g/mol. The summed E-state index contributed by atoms with van der Waals surface area (Å²) in [6.45, 7) is 5.61. The first kappa shape index (κ1) is 56.2. The second kappa shape index (κ2) is 33.9. The van der Waals surface area contributed by atoms with Gasteiger partial charge in [0.05, 0.1) is 20.8 Å². The van der Waals surface area contributed by atoms with Crippen LogP contribution in [0, 0.1) is 0 Å². The van der Waals surface area contributed by atoms with E-state index in [-0.39, 0.29) is 61.9 Å². The summed E-state index contributed by atoms with van der Waals surface area (Å²) in [5.41, 5.74) is 1.46. The number of benzene rings is 3. The largest absolute Gasteiger partial charge is 0.497 e. The van der Waals surface area contributed by atoms with Gasteiger partial charge < -0.3 is 23.7 Å². The zero-order chi connectivity index (χ0) is 28.9. The zero-order valence-electron chi connectivity index (χ0n) is 23.7. The van der Waals surface area contributed by atoms with Crippen LogP contribution in [0.3, 0.4) is 0 Å². The fraction of sp³-hybridized carbons (Fsp3) is 0.472. The molecule has 0 N–H and O–H groups in total. The summed E-state index contributed by atoms with van der Waals surface area (Å²) in [6.07, 6.45) is 0.538. The molecular formula is C36H64O8. The van der Waals surface area contributed by atoms with Gasteiger partial charge in [-0.2, -0.15) is 0 Å². The lowest BCUT2D eigenvalue weighted by Crippen LogP contribution is -1.95. The molecule has 3 aromatic carbocycles. The predicted molar refractivity (Wildman–Crippen MR) is 190 cm³/mol. The van der Waals surface area contributed by atoms with E-state index < -0.39 is 0 Å². The molecule has 256 valence electrons. The molecule has 0 fully saturated rings. The maximum absolute atomic E-state index is 11.2. The van der Waals surface area contributed by atoms with Gasteiger partial charge >= 0.3 is 0 Å². The summed E-state index contributed by atoms with van der Waals surface area (Å²) in [7, 11) is 8.00. The Kier molecular flexibility index (Phi) is 43.3. The minimum absolute atomic E-state index is 0. The Morgan fingerprint density at radius 1 is 0.523 bits per heavy atom. The van der Waals surface area contributed by atoms with Crippen LogP contribution in [0.15, 0.2) is 60.7 Å². The van der Waals surface area contributed by atoms with Crippen molar-refractivity contribution in [3.05, 3.63) is 71.8 Å². The van der Waals surface area contributed by atoms with Crippen LogP contribution in [-0.4, -0.2) is 66.3 Å². The molecule has 3 rings (SSSR count). The second-order valence-electron chi connectivity index (χ2n) is 7.91. The van der Waals surface area contributed by atoms with Crippen LogP contribution < -0.4 is 9.47 Å². The van der Waals surface area contributed by atoms with Gasteiger partial charge in [0, 0.05) is 38.9 Å². The molecule has 8 nitrogen and oxygen atoms in total. The van der Waals surface area contributed by atoms with Gasteiger partial charge in [0.25, 0.3) is 0 Å². The first-order valence-corrected chi connectivity index (χ1v) is 11.8. The van der Waals surface area contributed by atoms with E-state index in [4.69, 9.17) is 9.47 Å². The minimum Gasteiger partial charge on any atom is -0.497 e. The molecule has 0 bridgehead atoms. The number of methoxy groups -OCH3 is 5. The van der Waals surface area contributed by atoms with Gasteiger partial charge in [0.1, 0.15) is 24.1 Å². The van der Waals surface area contributed by atoms with Crippen molar-refractivity contribution in [3.63, 3.8) is 0 Å². The molecule has 0 aliphatic heterocycles. The van der Waals surface area contributed by atoms with Gasteiger partial charge in [-0.1, -0.05) is 62.8 Å². The summed E-state index contributed by atoms with van der Waals surface area (Å²) in [5, 5.41) is 2.14. The molecule has 0 aliphatic carbocycles. The Labute approximate surface area is 270 Å². The summed E-state index contributed by atoms with van der Waals surface area (Å²) in [4.78, 5) is 32.1. The molecule has 0 amide bonds. The number of fused-ring (bicyclic) bond motifs is 1. The first-order chi connectivity index (χ1) is 18.1. The summed E-state index contributed by atoms with van der Waals surface area (Å²) in [5.74, 6) is 1.95. The van der Waals surface area contributed by atoms with Crippen molar-refractivity contribution in [1.29, 1.82) is 0 Å². The third-order valence-electron chi connectivity index (χ3n) is 4.84. The van der Waals surface area contributed by atoms with E-state index in [1.165, 1.54) is 0 Å². The lowest BCUT2D eigenvalue weighted by Gasteiger charge is -2.03. The number of hydrogen-bond acceptors (Lipinski definition) is 8. The van der Waals surface area contributed by atoms with E-state index in [0.29, 0.717) is 25.4 Å². The SMILES string of the molecule is C.C.C.C.C.C.COCCC(C)=O.COCOC.COc1ccc(C(C)=O)cc1.COc1ccc2cc(C(C)=O)ccc2c1. The van der Waals surface area contributed by atoms with Gasteiger partial charge in [-0.25, -0.2) is 0 Å². The molecule has 8 heteroatoms. The lowest BCUT2D eigenvalue weighted by molar-refractivity contribution is -0.117. The maximum Gasteiger partial charge on any atom is 0.159 e. The highest BCUT2D eigenvalue weighted by Crippen LogP contribution is 2.22. The van der Waals surface area contributed by atoms with Gasteiger partial charge in [0.2, 0.25) is 0 Å². The summed E-state index contributed by atoms with van der Waals surface area (Å²) >= 11 is 0. The van der Waals surface area contributed by atoms with Crippen molar-refractivity contribution >= 4 is 28.1 Å². The standard InChI is InChI=1S/C13H12O2.C9H10O2.C5H10O2.C3H8O2.6CH4/c1-9(14)10-3-4-12-8-13(15-2)6-5-11(12)7-10;1-7(10)8-3-5-9(11-2)6-4-8;1-5(6)3-4-7-2;1-4-3-5-2;;;;;;/h3-8H,1-2H3;3-6H,1-2H3;3-4H2,1-2H3;3H2,1-2H3;6*1H4. The van der Waals surface area contributed by atoms with E-state index in [9.17, 15) is 14.4 Å². The van der Waals surface area contributed by atoms with Crippen LogP contribution in [0.2, 0.25) is 0 Å². The van der Waals surface area contributed by atoms with Crippen LogP contribution >= 0.6 is 0 Å². The molecule has 0 spiro atoms. The molecule has 0 aromatic heterocycles. The molecule has 0 atom stereocenters. The van der Waals surface area contributed by atoms with Gasteiger partial charge in [-0.05, 0) is 74.0 Å². The highest BCUT2D eigenvalue weighted by Gasteiger charge is 2.01. The maximum atomic E-state index is 11.2. The van der Waals surface area contributed by atoms with Gasteiger partial charge in [-0.3, -0.25) is 14.4 Å². The van der Waals surface area contributed by atoms with Crippen molar-refractivity contribution in [1.82, 2.24) is 0 Å². The Bertz CT molecular complexity index is 1110. The molecule has 0 saturated carbocycles. The van der Waals surface area contributed by atoms with Crippen LogP contribution in [0.4, 0.5) is 0 Å². The van der Waals surface area contributed by atoms with Gasteiger partial charge in [-0.15, -0.1) is 0 Å². The van der Waals surface area contributed by atoms with Crippen molar-refractivity contribution in [2.24, 2.45) is 0 Å². The average Bonchev–Trinajstić information content (AvgIpc) is 2.92. The topological polar surface area (TPSA) is 97.4 Å². The van der Waals surface area contributed by atoms with Gasteiger partial charge in [0.15, 0.2) is 11.6 Å². The fourth-order valence-corrected chi connectivity index (χ4v) is 2.76. The predicted octanol–water partition coefficient (Wildman–Crippen LogP) is 9.61. The zero-order valence-corrected chi connectivity index (χ0v) is 23.7. The lowest BCUT2D eigenvalue weighted by atomic mass is 10.0. The van der Waals surface area contributed by atoms with E-state index in [1.807, 2.05) is 36.4 Å². The summed E-state index contributed by atoms with van der Waals surface area (Å²) < 4.78 is 23.6. The van der Waals surface area contributed by atoms with E-state index in [1.54, 1.807) is 80.6 Å². The highest BCUT2D eigenvalue weighted by atomic mass is 16.6. The number of ether oxygens (including phenoxy) is 5. The van der Waals surface area contributed by atoms with E-state index >= 15 is 0 Å². The number of Topliss-reactive ketones (excluding diaryl/α,β-unsaturated/α-hetero) is 3. The monoisotopic (exact) mass is 624 g/mol. The summed E-state index contributed by atoms with van der Waals surface area (Å²) in [6, 6.07) is 18.5. The molecule has 0 aliphatic rings. The van der Waals surface area contributed by atoms with Crippen LogP contribution in [0.5, 0.6) is 11.5 Å². The first-order valence-electron chi connectivity index (χ1n) is 11.8. The third kappa shape index (κ3) is 25.0. The van der Waals surface area contributed by atoms with Crippen molar-refractivity contribution in [3.8, 4) is 11.5 Å². The number of rotatable bonds is 9. The number of ketones is 3. The molecule has 0 saturated heterocycles. The van der Waals surface area contributed by atoms with Crippen LogP contribution in [-0.2, 0) is 19.0 Å². The molecule has 0 radical (unpaired) electrons. The Balaban J connectivity index is -0.0000000851. The van der Waals surface area contributed by atoms with Crippen LogP contribution in [0.25, 0.3) is 10.8 Å². The third-order valence-corrected chi connectivity index (χ3v) is 4.84. The van der Waals surface area contributed by atoms with E-state index in [0.717, 1.165) is 27.8 Å². The average molecular weight is 625 g/mol. The number of hydrogen-bond donors (Lipinski definition) is 0. The van der Waals surface area contributed by atoms with Crippen molar-refractivity contribution in [2.75, 3.05) is 48.9 Å². The van der Waals surface area contributed by atoms with Crippen molar-refractivity contribution in [2.45, 2.75) is 71.8 Å². The fourth-order valence-electron chi connectivity index (χ4n) is 2.76. The Hall–Kier alpha value is -3.59. The Morgan fingerprint density at radius 2 is 0.932 bits per heavy atom. The van der Waals surface area contributed by atoms with Crippen molar-refractivity contribution < 1.29 is 38.1 Å². The highest BCUT2D eigenvalue weighted by molar-refractivity contribution is 5.98. The molecule has 0 heterocycles. The molecule has 3 aromatic rings. The molecule has 44 heavy (non-hydrogen) atoms. The number of carbonyl (C=O) groups is 3. The minimum atomic E-state index is 0. The normalized spacial score (nSPS) is 8.18.